The maximum absolute atomic E-state index is 5.23. The fourth-order valence-corrected chi connectivity index (χ4v) is 1.40. The van der Waals surface area contributed by atoms with Crippen molar-refractivity contribution in [2.45, 2.75) is 26.4 Å². The van der Waals surface area contributed by atoms with Crippen LogP contribution in [0.5, 0.6) is 0 Å². The number of aryl methyl sites for hydroxylation is 2. The number of nitrogens with one attached hydrogen (secondary N) is 1. The lowest BCUT2D eigenvalue weighted by Crippen LogP contribution is -2.16. The summed E-state index contributed by atoms with van der Waals surface area (Å²) in [7, 11) is 0. The van der Waals surface area contributed by atoms with Crippen LogP contribution >= 0.6 is 0 Å². The maximum atomic E-state index is 5.23. The lowest BCUT2D eigenvalue weighted by molar-refractivity contribution is 0.441. The van der Waals surface area contributed by atoms with Crippen LogP contribution in [-0.4, -0.2) is 26.5 Å². The van der Waals surface area contributed by atoms with Gasteiger partial charge in [0.05, 0.1) is 6.54 Å². The van der Waals surface area contributed by atoms with E-state index in [0.29, 0.717) is 18.3 Å². The van der Waals surface area contributed by atoms with Gasteiger partial charge in [-0.3, -0.25) is 4.68 Å². The van der Waals surface area contributed by atoms with E-state index < -0.39 is 0 Å². The van der Waals surface area contributed by atoms with Crippen molar-refractivity contribution in [1.29, 1.82) is 0 Å². The van der Waals surface area contributed by atoms with Gasteiger partial charge in [0.25, 0.3) is 0 Å². The zero-order valence-corrected chi connectivity index (χ0v) is 9.26. The predicted octanol–water partition coefficient (Wildman–Crippen LogP) is 0.754. The van der Waals surface area contributed by atoms with Crippen molar-refractivity contribution in [1.82, 2.24) is 25.3 Å². The van der Waals surface area contributed by atoms with Gasteiger partial charge in [0, 0.05) is 25.9 Å². The Morgan fingerprint density at radius 2 is 2.38 bits per heavy atom. The molecule has 0 fully saturated rings. The molecule has 2 aromatic rings. The average Bonchev–Trinajstić information content (AvgIpc) is 2.89. The minimum absolute atomic E-state index is 0.605. The molecule has 0 bridgehead atoms. The Morgan fingerprint density at radius 3 is 3.06 bits per heavy atom. The minimum Gasteiger partial charge on any atom is -0.424 e. The van der Waals surface area contributed by atoms with Gasteiger partial charge in [-0.05, 0) is 19.0 Å². The van der Waals surface area contributed by atoms with Crippen molar-refractivity contribution in [3.05, 3.63) is 30.2 Å². The van der Waals surface area contributed by atoms with E-state index in [9.17, 15) is 0 Å². The molecular weight excluding hydrogens is 206 g/mol. The molecule has 0 amide bonds. The molecule has 1 N–H and O–H groups in total. The fourth-order valence-electron chi connectivity index (χ4n) is 1.40. The summed E-state index contributed by atoms with van der Waals surface area (Å²) >= 11 is 0. The standard InChI is InChI=1S/C10H15N5O/c1-9-13-14-10(16-9)8-11-4-2-6-15-7-3-5-12-15/h3,5,7,11H,2,4,6,8H2,1H3. The molecule has 0 saturated heterocycles. The summed E-state index contributed by atoms with van der Waals surface area (Å²) in [5.74, 6) is 1.24. The van der Waals surface area contributed by atoms with Gasteiger partial charge < -0.3 is 9.73 Å². The predicted molar refractivity (Wildman–Crippen MR) is 57.6 cm³/mol. The van der Waals surface area contributed by atoms with Gasteiger partial charge in [0.1, 0.15) is 0 Å². The average molecular weight is 221 g/mol. The van der Waals surface area contributed by atoms with Crippen molar-refractivity contribution in [3.63, 3.8) is 0 Å². The molecule has 2 aromatic heterocycles. The molecule has 16 heavy (non-hydrogen) atoms. The van der Waals surface area contributed by atoms with Crippen LogP contribution in [0.3, 0.4) is 0 Å². The SMILES string of the molecule is Cc1nnc(CNCCCn2cccn2)o1. The molecule has 0 aliphatic heterocycles. The first-order valence-corrected chi connectivity index (χ1v) is 5.32. The topological polar surface area (TPSA) is 68.8 Å². The van der Waals surface area contributed by atoms with Crippen LogP contribution in [0.1, 0.15) is 18.2 Å². The molecule has 0 unspecified atom stereocenters. The number of nitrogens with zero attached hydrogens (tertiary/aromatic N) is 4. The van der Waals surface area contributed by atoms with Crippen LogP contribution in [0.2, 0.25) is 0 Å². The number of hydrogen-bond donors (Lipinski definition) is 1. The Balaban J connectivity index is 1.59. The Bertz CT molecular complexity index is 409. The molecule has 0 aliphatic carbocycles. The molecular formula is C10H15N5O. The third-order valence-corrected chi connectivity index (χ3v) is 2.14. The van der Waals surface area contributed by atoms with Gasteiger partial charge in [-0.25, -0.2) is 0 Å². The van der Waals surface area contributed by atoms with Gasteiger partial charge >= 0.3 is 0 Å². The minimum atomic E-state index is 0.605. The molecule has 2 heterocycles. The summed E-state index contributed by atoms with van der Waals surface area (Å²) < 4.78 is 7.15. The second kappa shape index (κ2) is 5.41. The van der Waals surface area contributed by atoms with Gasteiger partial charge in [-0.2, -0.15) is 5.10 Å². The number of rotatable bonds is 6. The van der Waals surface area contributed by atoms with Crippen molar-refractivity contribution in [2.75, 3.05) is 6.54 Å². The van der Waals surface area contributed by atoms with E-state index >= 15 is 0 Å². The Kier molecular flexibility index (Phi) is 3.66. The van der Waals surface area contributed by atoms with Gasteiger partial charge in [0.15, 0.2) is 0 Å². The largest absolute Gasteiger partial charge is 0.424 e. The normalized spacial score (nSPS) is 10.8. The highest BCUT2D eigenvalue weighted by Gasteiger charge is 2.00. The van der Waals surface area contributed by atoms with Gasteiger partial charge in [0.2, 0.25) is 11.8 Å². The summed E-state index contributed by atoms with van der Waals surface area (Å²) in [6.07, 6.45) is 4.77. The van der Waals surface area contributed by atoms with Crippen molar-refractivity contribution in [2.24, 2.45) is 0 Å². The van der Waals surface area contributed by atoms with Crippen LogP contribution in [0.25, 0.3) is 0 Å². The molecule has 0 aliphatic rings. The number of aromatic nitrogens is 4. The van der Waals surface area contributed by atoms with Crippen molar-refractivity contribution in [3.8, 4) is 0 Å². The summed E-state index contributed by atoms with van der Waals surface area (Å²) in [6, 6.07) is 1.93. The first-order valence-electron chi connectivity index (χ1n) is 5.32. The molecule has 6 nitrogen and oxygen atoms in total. The van der Waals surface area contributed by atoms with E-state index in [0.717, 1.165) is 19.5 Å². The summed E-state index contributed by atoms with van der Waals surface area (Å²) in [4.78, 5) is 0. The van der Waals surface area contributed by atoms with Crippen LogP contribution in [-0.2, 0) is 13.1 Å². The quantitative estimate of drug-likeness (QED) is 0.729. The van der Waals surface area contributed by atoms with Crippen molar-refractivity contribution >= 4 is 0 Å². The molecule has 2 rings (SSSR count). The zero-order chi connectivity index (χ0) is 11.2. The molecule has 0 radical (unpaired) electrons. The monoisotopic (exact) mass is 221 g/mol. The Morgan fingerprint density at radius 1 is 1.44 bits per heavy atom. The van der Waals surface area contributed by atoms with Crippen molar-refractivity contribution < 1.29 is 4.42 Å². The highest BCUT2D eigenvalue weighted by atomic mass is 16.4. The Labute approximate surface area is 93.7 Å². The summed E-state index contributed by atoms with van der Waals surface area (Å²) in [5, 5.41) is 15.0. The van der Waals surface area contributed by atoms with E-state index in [2.05, 4.69) is 20.6 Å². The zero-order valence-electron chi connectivity index (χ0n) is 9.26. The summed E-state index contributed by atoms with van der Waals surface area (Å²) in [5.41, 5.74) is 0. The smallest absolute Gasteiger partial charge is 0.230 e. The van der Waals surface area contributed by atoms with Crippen LogP contribution in [0.15, 0.2) is 22.9 Å². The molecule has 0 spiro atoms. The number of hydrogen-bond acceptors (Lipinski definition) is 5. The lowest BCUT2D eigenvalue weighted by Gasteiger charge is -2.02. The van der Waals surface area contributed by atoms with E-state index in [1.165, 1.54) is 0 Å². The van der Waals surface area contributed by atoms with E-state index in [1.54, 1.807) is 13.1 Å². The van der Waals surface area contributed by atoms with E-state index in [-0.39, 0.29) is 0 Å². The second-order valence-electron chi connectivity index (χ2n) is 3.51. The molecule has 0 aromatic carbocycles. The lowest BCUT2D eigenvalue weighted by atomic mass is 10.4. The summed E-state index contributed by atoms with van der Waals surface area (Å²) in [6.45, 7) is 4.23. The van der Waals surface area contributed by atoms with Gasteiger partial charge in [-0.1, -0.05) is 0 Å². The van der Waals surface area contributed by atoms with Crippen LogP contribution in [0.4, 0.5) is 0 Å². The maximum Gasteiger partial charge on any atom is 0.230 e. The molecule has 0 saturated carbocycles. The molecule has 6 heteroatoms. The highest BCUT2D eigenvalue weighted by Crippen LogP contribution is 1.96. The van der Waals surface area contributed by atoms with Crippen LogP contribution < -0.4 is 5.32 Å². The fraction of sp³-hybridized carbons (Fsp3) is 0.500. The first-order chi connectivity index (χ1) is 7.84. The second-order valence-corrected chi connectivity index (χ2v) is 3.51. The third kappa shape index (κ3) is 3.16. The van der Waals surface area contributed by atoms with Gasteiger partial charge in [-0.15, -0.1) is 10.2 Å². The molecule has 86 valence electrons. The Hall–Kier alpha value is -1.69. The highest BCUT2D eigenvalue weighted by molar-refractivity contribution is 4.78. The van der Waals surface area contributed by atoms with E-state index in [1.807, 2.05) is 16.9 Å². The van der Waals surface area contributed by atoms with Crippen LogP contribution in [0, 0.1) is 6.92 Å². The first kappa shape index (κ1) is 10.8. The molecule has 0 atom stereocenters. The third-order valence-electron chi connectivity index (χ3n) is 2.14. The van der Waals surface area contributed by atoms with E-state index in [4.69, 9.17) is 4.42 Å².